The maximum atomic E-state index is 5.23. The highest BCUT2D eigenvalue weighted by molar-refractivity contribution is 7.22. The number of para-hydroxylation sites is 4. The molecule has 0 saturated heterocycles. The molecule has 4 aromatic heterocycles. The second kappa shape index (κ2) is 11.3. The van der Waals surface area contributed by atoms with Gasteiger partial charge in [0.1, 0.15) is 10.0 Å². The first-order valence-electron chi connectivity index (χ1n) is 15.9. The first-order chi connectivity index (χ1) is 24.2. The molecule has 0 spiro atoms. The Labute approximate surface area is 288 Å². The zero-order valence-corrected chi connectivity index (χ0v) is 27.5. The minimum absolute atomic E-state index is 0.563. The standard InChI is InChI=1S/C41H24N6S2/c1-2-12-25(13-3-1)37-44-38(46-41(45-37)47-33-18-8-4-14-29(33)30-15-5-9-19-34(30)47)26-22-27(39-42-31-16-6-10-20-35(31)48-39)24-28(23-26)40-43-32-17-7-11-21-36(32)49-40/h1-24H. The minimum atomic E-state index is 0.563. The zero-order chi connectivity index (χ0) is 32.3. The number of fused-ring (bicyclic) bond motifs is 5. The Morgan fingerprint density at radius 1 is 0.388 bits per heavy atom. The van der Waals surface area contributed by atoms with Crippen molar-refractivity contribution < 1.29 is 0 Å². The van der Waals surface area contributed by atoms with Gasteiger partial charge in [-0.25, -0.2) is 15.0 Å². The van der Waals surface area contributed by atoms with E-state index in [1.54, 1.807) is 22.7 Å². The van der Waals surface area contributed by atoms with E-state index >= 15 is 0 Å². The highest BCUT2D eigenvalue weighted by atomic mass is 32.1. The van der Waals surface area contributed by atoms with E-state index in [-0.39, 0.29) is 0 Å². The van der Waals surface area contributed by atoms with E-state index in [1.165, 1.54) is 0 Å². The van der Waals surface area contributed by atoms with Crippen LogP contribution in [-0.2, 0) is 0 Å². The topological polar surface area (TPSA) is 69.4 Å². The van der Waals surface area contributed by atoms with Crippen LogP contribution in [-0.4, -0.2) is 29.5 Å². The van der Waals surface area contributed by atoms with Crippen LogP contribution in [0.4, 0.5) is 0 Å². The lowest BCUT2D eigenvalue weighted by Gasteiger charge is -2.12. The Morgan fingerprint density at radius 2 is 0.857 bits per heavy atom. The monoisotopic (exact) mass is 664 g/mol. The summed E-state index contributed by atoms with van der Waals surface area (Å²) < 4.78 is 4.43. The molecule has 0 saturated carbocycles. The van der Waals surface area contributed by atoms with Gasteiger partial charge < -0.3 is 0 Å². The van der Waals surface area contributed by atoms with Crippen molar-refractivity contribution in [2.24, 2.45) is 0 Å². The lowest BCUT2D eigenvalue weighted by molar-refractivity contribution is 0.953. The predicted molar refractivity (Wildman–Crippen MR) is 202 cm³/mol. The molecule has 0 N–H and O–H groups in total. The Balaban J connectivity index is 1.25. The van der Waals surface area contributed by atoms with Gasteiger partial charge in [0.2, 0.25) is 5.95 Å². The number of nitrogens with zero attached hydrogens (tertiary/aromatic N) is 6. The molecule has 4 heterocycles. The highest BCUT2D eigenvalue weighted by Gasteiger charge is 2.20. The van der Waals surface area contributed by atoms with E-state index in [9.17, 15) is 0 Å². The smallest absolute Gasteiger partial charge is 0.238 e. The number of aromatic nitrogens is 6. The van der Waals surface area contributed by atoms with Gasteiger partial charge in [0, 0.05) is 33.0 Å². The molecule has 230 valence electrons. The fourth-order valence-electron chi connectivity index (χ4n) is 6.44. The first-order valence-corrected chi connectivity index (χ1v) is 17.6. The molecule has 0 fully saturated rings. The van der Waals surface area contributed by atoms with E-state index < -0.39 is 0 Å². The molecule has 49 heavy (non-hydrogen) atoms. The van der Waals surface area contributed by atoms with Gasteiger partial charge in [-0.15, -0.1) is 22.7 Å². The Bertz CT molecular complexity index is 2640. The molecule has 6 aromatic carbocycles. The van der Waals surface area contributed by atoms with Crippen molar-refractivity contribution in [2.75, 3.05) is 0 Å². The maximum absolute atomic E-state index is 5.23. The van der Waals surface area contributed by atoms with Gasteiger partial charge in [-0.05, 0) is 54.6 Å². The van der Waals surface area contributed by atoms with Crippen LogP contribution >= 0.6 is 22.7 Å². The third-order valence-corrected chi connectivity index (χ3v) is 10.9. The second-order valence-electron chi connectivity index (χ2n) is 11.8. The van der Waals surface area contributed by atoms with E-state index in [2.05, 4.69) is 108 Å². The van der Waals surface area contributed by atoms with Gasteiger partial charge in [-0.3, -0.25) is 4.57 Å². The number of benzene rings is 6. The van der Waals surface area contributed by atoms with Crippen molar-refractivity contribution in [2.45, 2.75) is 0 Å². The molecule has 0 aliphatic carbocycles. The van der Waals surface area contributed by atoms with Crippen LogP contribution in [0.25, 0.3) is 92.1 Å². The van der Waals surface area contributed by atoms with Crippen LogP contribution in [0.15, 0.2) is 146 Å². The largest absolute Gasteiger partial charge is 0.278 e. The van der Waals surface area contributed by atoms with Gasteiger partial charge in [-0.2, -0.15) is 9.97 Å². The van der Waals surface area contributed by atoms with Crippen LogP contribution < -0.4 is 0 Å². The molecular weight excluding hydrogens is 641 g/mol. The van der Waals surface area contributed by atoms with Gasteiger partial charge in [0.25, 0.3) is 0 Å². The summed E-state index contributed by atoms with van der Waals surface area (Å²) in [5.41, 5.74) is 7.82. The van der Waals surface area contributed by atoms with Crippen molar-refractivity contribution in [1.82, 2.24) is 29.5 Å². The summed E-state index contributed by atoms with van der Waals surface area (Å²) in [6, 6.07) is 49.9. The zero-order valence-electron chi connectivity index (χ0n) is 25.9. The van der Waals surface area contributed by atoms with Crippen molar-refractivity contribution in [1.29, 1.82) is 0 Å². The molecule has 6 nitrogen and oxygen atoms in total. The molecule has 10 aromatic rings. The SMILES string of the molecule is c1ccc(-c2nc(-c3cc(-c4nc5ccccc5s4)cc(-c4nc5ccccc5s4)c3)nc(-n3c4ccccc4c4ccccc43)n2)cc1. The summed E-state index contributed by atoms with van der Waals surface area (Å²) in [5.74, 6) is 1.75. The molecule has 0 amide bonds. The maximum Gasteiger partial charge on any atom is 0.238 e. The lowest BCUT2D eigenvalue weighted by Crippen LogP contribution is -2.06. The first kappa shape index (κ1) is 28.0. The van der Waals surface area contributed by atoms with E-state index in [1.807, 2.05) is 42.5 Å². The van der Waals surface area contributed by atoms with Gasteiger partial charge in [0.15, 0.2) is 11.6 Å². The van der Waals surface area contributed by atoms with Crippen LogP contribution in [0, 0.1) is 0 Å². The predicted octanol–water partition coefficient (Wildman–Crippen LogP) is 10.9. The quantitative estimate of drug-likeness (QED) is 0.183. The van der Waals surface area contributed by atoms with Gasteiger partial charge in [0.05, 0.1) is 31.5 Å². The summed E-state index contributed by atoms with van der Waals surface area (Å²) in [6.45, 7) is 0. The van der Waals surface area contributed by atoms with E-state index in [0.717, 1.165) is 74.5 Å². The molecule has 0 aliphatic rings. The summed E-state index contributed by atoms with van der Waals surface area (Å²) in [4.78, 5) is 25.5. The third-order valence-electron chi connectivity index (χ3n) is 8.71. The summed E-state index contributed by atoms with van der Waals surface area (Å²) in [6.07, 6.45) is 0. The van der Waals surface area contributed by atoms with Gasteiger partial charge >= 0.3 is 0 Å². The Morgan fingerprint density at radius 3 is 1.43 bits per heavy atom. The molecule has 10 rings (SSSR count). The summed E-state index contributed by atoms with van der Waals surface area (Å²) in [5, 5.41) is 4.17. The van der Waals surface area contributed by atoms with Crippen LogP contribution in [0.2, 0.25) is 0 Å². The fraction of sp³-hybridized carbons (Fsp3) is 0. The molecule has 0 radical (unpaired) electrons. The van der Waals surface area contributed by atoms with Crippen molar-refractivity contribution >= 4 is 64.9 Å². The minimum Gasteiger partial charge on any atom is -0.278 e. The molecule has 8 heteroatoms. The number of hydrogen-bond acceptors (Lipinski definition) is 7. The Kier molecular flexibility index (Phi) is 6.43. The summed E-state index contributed by atoms with van der Waals surface area (Å²) in [7, 11) is 0. The lowest BCUT2D eigenvalue weighted by atomic mass is 10.1. The average Bonchev–Trinajstić information content (AvgIpc) is 3.89. The van der Waals surface area contributed by atoms with E-state index in [0.29, 0.717) is 17.6 Å². The Hall–Kier alpha value is -6.09. The van der Waals surface area contributed by atoms with Crippen LogP contribution in [0.1, 0.15) is 0 Å². The van der Waals surface area contributed by atoms with E-state index in [4.69, 9.17) is 24.9 Å². The van der Waals surface area contributed by atoms with Crippen LogP contribution in [0.3, 0.4) is 0 Å². The molecule has 0 bridgehead atoms. The normalized spacial score (nSPS) is 11.7. The highest BCUT2D eigenvalue weighted by Crippen LogP contribution is 2.39. The molecule has 0 aliphatic heterocycles. The van der Waals surface area contributed by atoms with Crippen LogP contribution in [0.5, 0.6) is 0 Å². The number of hydrogen-bond donors (Lipinski definition) is 0. The summed E-state index contributed by atoms with van der Waals surface area (Å²) >= 11 is 3.36. The number of rotatable bonds is 5. The van der Waals surface area contributed by atoms with Crippen molar-refractivity contribution in [3.8, 4) is 49.9 Å². The second-order valence-corrected chi connectivity index (χ2v) is 13.9. The van der Waals surface area contributed by atoms with Crippen molar-refractivity contribution in [3.05, 3.63) is 146 Å². The molecule has 0 unspecified atom stereocenters. The fourth-order valence-corrected chi connectivity index (χ4v) is 8.35. The molecule has 0 atom stereocenters. The van der Waals surface area contributed by atoms with Crippen molar-refractivity contribution in [3.63, 3.8) is 0 Å². The number of thiazole rings is 2. The van der Waals surface area contributed by atoms with Gasteiger partial charge in [-0.1, -0.05) is 91.0 Å². The molecular formula is C41H24N6S2. The average molecular weight is 665 g/mol. The third kappa shape index (κ3) is 4.80.